The maximum absolute atomic E-state index is 5.71. The van der Waals surface area contributed by atoms with Crippen molar-refractivity contribution in [3.05, 3.63) is 41.2 Å². The van der Waals surface area contributed by atoms with E-state index in [2.05, 4.69) is 48.7 Å². The van der Waals surface area contributed by atoms with Gasteiger partial charge in [0.05, 0.1) is 24.0 Å². The first-order valence-corrected chi connectivity index (χ1v) is 7.01. The number of aromatic nitrogens is 2. The summed E-state index contributed by atoms with van der Waals surface area (Å²) < 4.78 is 7.56. The molecule has 0 amide bonds. The standard InChI is InChI=1S/C16H23N3O/c1-6-20-16-9-11(2)7-8-15(16)17-12(3)14-10-19(5)18-13(14)4/h7-10,12,17H,6H2,1-5H3. The van der Waals surface area contributed by atoms with Crippen LogP contribution in [0, 0.1) is 13.8 Å². The Bertz CT molecular complexity index is 589. The van der Waals surface area contributed by atoms with Gasteiger partial charge in [0.25, 0.3) is 0 Å². The molecule has 1 atom stereocenters. The van der Waals surface area contributed by atoms with Gasteiger partial charge >= 0.3 is 0 Å². The van der Waals surface area contributed by atoms with Gasteiger partial charge in [-0.2, -0.15) is 5.10 Å². The zero-order valence-electron chi connectivity index (χ0n) is 12.9. The lowest BCUT2D eigenvalue weighted by atomic mass is 10.1. The zero-order chi connectivity index (χ0) is 14.7. The van der Waals surface area contributed by atoms with Crippen molar-refractivity contribution in [3.63, 3.8) is 0 Å². The highest BCUT2D eigenvalue weighted by atomic mass is 16.5. The number of hydrogen-bond donors (Lipinski definition) is 1. The van der Waals surface area contributed by atoms with Crippen molar-refractivity contribution in [2.75, 3.05) is 11.9 Å². The molecule has 0 bridgehead atoms. The number of hydrogen-bond acceptors (Lipinski definition) is 3. The van der Waals surface area contributed by atoms with Crippen LogP contribution in [0.5, 0.6) is 5.75 Å². The molecule has 1 N–H and O–H groups in total. The molecule has 1 heterocycles. The monoisotopic (exact) mass is 273 g/mol. The van der Waals surface area contributed by atoms with Crippen LogP contribution in [-0.2, 0) is 7.05 Å². The summed E-state index contributed by atoms with van der Waals surface area (Å²) in [6, 6.07) is 6.41. The highest BCUT2D eigenvalue weighted by Gasteiger charge is 2.13. The summed E-state index contributed by atoms with van der Waals surface area (Å²) in [5, 5.41) is 7.91. The van der Waals surface area contributed by atoms with Crippen molar-refractivity contribution < 1.29 is 4.74 Å². The summed E-state index contributed by atoms with van der Waals surface area (Å²) >= 11 is 0. The van der Waals surface area contributed by atoms with Crippen molar-refractivity contribution in [1.82, 2.24) is 9.78 Å². The van der Waals surface area contributed by atoms with E-state index < -0.39 is 0 Å². The highest BCUT2D eigenvalue weighted by molar-refractivity contribution is 5.58. The molecule has 0 aliphatic heterocycles. The molecule has 1 unspecified atom stereocenters. The van der Waals surface area contributed by atoms with Crippen molar-refractivity contribution in [1.29, 1.82) is 0 Å². The number of nitrogens with zero attached hydrogens (tertiary/aromatic N) is 2. The molecule has 2 rings (SSSR count). The molecule has 0 saturated heterocycles. The van der Waals surface area contributed by atoms with Crippen molar-refractivity contribution in [2.24, 2.45) is 7.05 Å². The lowest BCUT2D eigenvalue weighted by molar-refractivity contribution is 0.341. The summed E-state index contributed by atoms with van der Waals surface area (Å²) in [5.41, 5.74) is 4.48. The first-order chi connectivity index (χ1) is 9.51. The Labute approximate surface area is 120 Å². The van der Waals surface area contributed by atoms with E-state index >= 15 is 0 Å². The average Bonchev–Trinajstić information content (AvgIpc) is 2.72. The van der Waals surface area contributed by atoms with Crippen LogP contribution in [0.4, 0.5) is 5.69 Å². The predicted octanol–water partition coefficient (Wildman–Crippen LogP) is 3.61. The molecular weight excluding hydrogens is 250 g/mol. The molecule has 0 radical (unpaired) electrons. The summed E-state index contributed by atoms with van der Waals surface area (Å²) in [4.78, 5) is 0. The fourth-order valence-electron chi connectivity index (χ4n) is 2.38. The Morgan fingerprint density at radius 3 is 2.70 bits per heavy atom. The molecule has 0 fully saturated rings. The molecule has 0 saturated carbocycles. The molecule has 0 aliphatic carbocycles. The Kier molecular flexibility index (Phi) is 4.32. The van der Waals surface area contributed by atoms with Crippen molar-refractivity contribution >= 4 is 5.69 Å². The molecule has 0 spiro atoms. The van der Waals surface area contributed by atoms with Crippen LogP contribution in [0.15, 0.2) is 24.4 Å². The van der Waals surface area contributed by atoms with E-state index in [0.29, 0.717) is 6.61 Å². The second-order valence-corrected chi connectivity index (χ2v) is 5.14. The predicted molar refractivity (Wildman–Crippen MR) is 82.3 cm³/mol. The minimum absolute atomic E-state index is 0.186. The van der Waals surface area contributed by atoms with E-state index in [1.54, 1.807) is 0 Å². The van der Waals surface area contributed by atoms with Crippen molar-refractivity contribution in [2.45, 2.75) is 33.7 Å². The lowest BCUT2D eigenvalue weighted by Gasteiger charge is -2.18. The fourth-order valence-corrected chi connectivity index (χ4v) is 2.38. The molecule has 4 heteroatoms. The van der Waals surface area contributed by atoms with Gasteiger partial charge < -0.3 is 10.1 Å². The van der Waals surface area contributed by atoms with E-state index in [9.17, 15) is 0 Å². The molecular formula is C16H23N3O. The van der Waals surface area contributed by atoms with E-state index in [-0.39, 0.29) is 6.04 Å². The van der Waals surface area contributed by atoms with Crippen LogP contribution in [0.2, 0.25) is 0 Å². The van der Waals surface area contributed by atoms with Crippen LogP contribution in [0.25, 0.3) is 0 Å². The van der Waals surface area contributed by atoms with Crippen LogP contribution in [0.3, 0.4) is 0 Å². The van der Waals surface area contributed by atoms with Gasteiger partial charge in [-0.25, -0.2) is 0 Å². The zero-order valence-corrected chi connectivity index (χ0v) is 12.9. The van der Waals surface area contributed by atoms with Gasteiger partial charge in [0.15, 0.2) is 0 Å². The van der Waals surface area contributed by atoms with Gasteiger partial charge in [-0.05, 0) is 45.4 Å². The van der Waals surface area contributed by atoms with E-state index in [1.165, 1.54) is 11.1 Å². The SMILES string of the molecule is CCOc1cc(C)ccc1NC(C)c1cn(C)nc1C. The summed E-state index contributed by atoms with van der Waals surface area (Å²) in [6.07, 6.45) is 2.06. The highest BCUT2D eigenvalue weighted by Crippen LogP contribution is 2.30. The van der Waals surface area contributed by atoms with Gasteiger partial charge in [0, 0.05) is 18.8 Å². The third-order valence-electron chi connectivity index (χ3n) is 3.33. The average molecular weight is 273 g/mol. The fraction of sp³-hybridized carbons (Fsp3) is 0.438. The van der Waals surface area contributed by atoms with E-state index in [1.807, 2.05) is 25.6 Å². The minimum atomic E-state index is 0.186. The van der Waals surface area contributed by atoms with Gasteiger partial charge in [-0.15, -0.1) is 0 Å². The Balaban J connectivity index is 2.23. The van der Waals surface area contributed by atoms with Crippen LogP contribution >= 0.6 is 0 Å². The van der Waals surface area contributed by atoms with E-state index in [0.717, 1.165) is 17.1 Å². The van der Waals surface area contributed by atoms with Gasteiger partial charge in [-0.3, -0.25) is 4.68 Å². The van der Waals surface area contributed by atoms with Crippen LogP contribution in [-0.4, -0.2) is 16.4 Å². The number of aryl methyl sites for hydroxylation is 3. The first kappa shape index (κ1) is 14.4. The summed E-state index contributed by atoms with van der Waals surface area (Å²) in [7, 11) is 1.95. The number of ether oxygens (including phenoxy) is 1. The third-order valence-corrected chi connectivity index (χ3v) is 3.33. The number of rotatable bonds is 5. The first-order valence-electron chi connectivity index (χ1n) is 7.01. The topological polar surface area (TPSA) is 39.1 Å². The second-order valence-electron chi connectivity index (χ2n) is 5.14. The molecule has 1 aromatic heterocycles. The Morgan fingerprint density at radius 1 is 1.35 bits per heavy atom. The summed E-state index contributed by atoms with van der Waals surface area (Å²) in [6.45, 7) is 8.91. The molecule has 0 aliphatic rings. The Morgan fingerprint density at radius 2 is 2.10 bits per heavy atom. The quantitative estimate of drug-likeness (QED) is 0.904. The van der Waals surface area contributed by atoms with Crippen molar-refractivity contribution in [3.8, 4) is 5.75 Å². The summed E-state index contributed by atoms with van der Waals surface area (Å²) in [5.74, 6) is 0.904. The van der Waals surface area contributed by atoms with Crippen LogP contribution < -0.4 is 10.1 Å². The molecule has 108 valence electrons. The number of benzene rings is 1. The smallest absolute Gasteiger partial charge is 0.142 e. The van der Waals surface area contributed by atoms with Gasteiger partial charge in [0.2, 0.25) is 0 Å². The lowest BCUT2D eigenvalue weighted by Crippen LogP contribution is -2.09. The second kappa shape index (κ2) is 5.99. The maximum atomic E-state index is 5.71. The molecule has 2 aromatic rings. The van der Waals surface area contributed by atoms with Crippen LogP contribution in [0.1, 0.15) is 36.7 Å². The molecule has 1 aromatic carbocycles. The van der Waals surface area contributed by atoms with Gasteiger partial charge in [-0.1, -0.05) is 6.07 Å². The van der Waals surface area contributed by atoms with Gasteiger partial charge in [0.1, 0.15) is 5.75 Å². The number of anilines is 1. The third kappa shape index (κ3) is 3.13. The normalized spacial score (nSPS) is 12.2. The minimum Gasteiger partial charge on any atom is -0.492 e. The molecule has 20 heavy (non-hydrogen) atoms. The Hall–Kier alpha value is -1.97. The largest absolute Gasteiger partial charge is 0.492 e. The number of nitrogens with one attached hydrogen (secondary N) is 1. The van der Waals surface area contributed by atoms with E-state index in [4.69, 9.17) is 4.74 Å². The molecule has 4 nitrogen and oxygen atoms in total. The maximum Gasteiger partial charge on any atom is 0.142 e.